The number of pyridine rings is 2. The van der Waals surface area contributed by atoms with Crippen LogP contribution in [0.15, 0.2) is 30.7 Å². The second-order valence-electron chi connectivity index (χ2n) is 5.94. The van der Waals surface area contributed by atoms with Gasteiger partial charge < -0.3 is 9.55 Å². The Morgan fingerprint density at radius 3 is 2.78 bits per heavy atom. The van der Waals surface area contributed by atoms with Crippen molar-refractivity contribution in [1.82, 2.24) is 24.5 Å². The van der Waals surface area contributed by atoms with Crippen molar-refractivity contribution in [2.24, 2.45) is 0 Å². The van der Waals surface area contributed by atoms with Gasteiger partial charge in [-0.25, -0.2) is 19.3 Å². The van der Waals surface area contributed by atoms with Crippen molar-refractivity contribution in [3.8, 4) is 11.1 Å². The largest absolute Gasteiger partial charge is 0.346 e. The van der Waals surface area contributed by atoms with Gasteiger partial charge in [-0.2, -0.15) is 0 Å². The van der Waals surface area contributed by atoms with E-state index < -0.39 is 0 Å². The Labute approximate surface area is 132 Å². The van der Waals surface area contributed by atoms with E-state index in [-0.39, 0.29) is 5.82 Å². The Kier molecular flexibility index (Phi) is 2.94. The highest BCUT2D eigenvalue weighted by Gasteiger charge is 2.14. The van der Waals surface area contributed by atoms with E-state index in [2.05, 4.69) is 44.4 Å². The third kappa shape index (κ3) is 2.10. The molecule has 0 aliphatic carbocycles. The number of aromatic nitrogens is 5. The number of hydrogen-bond donors (Lipinski definition) is 1. The minimum Gasteiger partial charge on any atom is -0.346 e. The summed E-state index contributed by atoms with van der Waals surface area (Å²) in [6.07, 6.45) is 4.82. The molecular weight excluding hydrogens is 293 g/mol. The summed E-state index contributed by atoms with van der Waals surface area (Å²) in [4.78, 5) is 16.1. The molecular formula is C17H16FN5. The van der Waals surface area contributed by atoms with E-state index in [9.17, 15) is 4.39 Å². The summed E-state index contributed by atoms with van der Waals surface area (Å²) in [7, 11) is 0. The molecule has 0 radical (unpaired) electrons. The zero-order chi connectivity index (χ0) is 16.1. The molecule has 1 N–H and O–H groups in total. The van der Waals surface area contributed by atoms with Gasteiger partial charge in [-0.05, 0) is 32.9 Å². The van der Waals surface area contributed by atoms with Crippen LogP contribution in [0.1, 0.15) is 25.7 Å². The summed E-state index contributed by atoms with van der Waals surface area (Å²) in [5.74, 6) is 0.585. The van der Waals surface area contributed by atoms with Crippen LogP contribution >= 0.6 is 0 Å². The van der Waals surface area contributed by atoms with Gasteiger partial charge in [0.15, 0.2) is 5.65 Å². The average Bonchev–Trinajstić information content (AvgIpc) is 3.05. The zero-order valence-electron chi connectivity index (χ0n) is 13.1. The van der Waals surface area contributed by atoms with Crippen LogP contribution in [0, 0.1) is 12.7 Å². The highest BCUT2D eigenvalue weighted by molar-refractivity contribution is 5.95. The lowest BCUT2D eigenvalue weighted by Crippen LogP contribution is -2.02. The Bertz CT molecular complexity index is 1030. The molecule has 0 aromatic carbocycles. The Morgan fingerprint density at radius 1 is 1.17 bits per heavy atom. The number of nitrogens with zero attached hydrogens (tertiary/aromatic N) is 4. The van der Waals surface area contributed by atoms with Crippen molar-refractivity contribution in [3.63, 3.8) is 0 Å². The summed E-state index contributed by atoms with van der Waals surface area (Å²) in [6, 6.07) is 3.83. The van der Waals surface area contributed by atoms with Gasteiger partial charge in [0.1, 0.15) is 17.3 Å². The van der Waals surface area contributed by atoms with Crippen LogP contribution in [0.25, 0.3) is 33.3 Å². The van der Waals surface area contributed by atoms with E-state index in [0.717, 1.165) is 33.5 Å². The fraction of sp³-hybridized carbons (Fsp3) is 0.235. The first-order chi connectivity index (χ1) is 11.0. The van der Waals surface area contributed by atoms with Crippen LogP contribution in [0.2, 0.25) is 0 Å². The lowest BCUT2D eigenvalue weighted by atomic mass is 10.1. The topological polar surface area (TPSA) is 59.4 Å². The van der Waals surface area contributed by atoms with Crippen molar-refractivity contribution in [2.75, 3.05) is 0 Å². The van der Waals surface area contributed by atoms with Crippen molar-refractivity contribution in [2.45, 2.75) is 26.8 Å². The normalized spacial score (nSPS) is 11.9. The summed E-state index contributed by atoms with van der Waals surface area (Å²) < 4.78 is 15.7. The maximum Gasteiger partial charge on any atom is 0.177 e. The van der Waals surface area contributed by atoms with Crippen molar-refractivity contribution in [3.05, 3.63) is 42.4 Å². The molecule has 4 rings (SSSR count). The molecule has 0 atom stereocenters. The first-order valence-corrected chi connectivity index (χ1v) is 7.52. The molecule has 0 fully saturated rings. The number of hydrogen-bond acceptors (Lipinski definition) is 3. The second kappa shape index (κ2) is 4.87. The first kappa shape index (κ1) is 13.9. The van der Waals surface area contributed by atoms with E-state index in [1.54, 1.807) is 6.20 Å². The Hall–Kier alpha value is -2.76. The average molecular weight is 309 g/mol. The number of aromatic amines is 1. The molecule has 5 nitrogen and oxygen atoms in total. The number of H-pyrrole nitrogens is 1. The predicted molar refractivity (Wildman–Crippen MR) is 87.7 cm³/mol. The molecule has 0 saturated carbocycles. The summed E-state index contributed by atoms with van der Waals surface area (Å²) >= 11 is 0. The monoisotopic (exact) mass is 309 g/mol. The maximum absolute atomic E-state index is 13.5. The highest BCUT2D eigenvalue weighted by Crippen LogP contribution is 2.30. The molecule has 4 heterocycles. The molecule has 0 aliphatic heterocycles. The quantitative estimate of drug-likeness (QED) is 0.609. The zero-order valence-corrected chi connectivity index (χ0v) is 13.1. The van der Waals surface area contributed by atoms with Gasteiger partial charge >= 0.3 is 0 Å². The van der Waals surface area contributed by atoms with Crippen LogP contribution < -0.4 is 0 Å². The van der Waals surface area contributed by atoms with Crippen LogP contribution in [0.4, 0.5) is 4.39 Å². The molecule has 0 unspecified atom stereocenters. The third-order valence-electron chi connectivity index (χ3n) is 4.05. The number of fused-ring (bicyclic) bond motifs is 2. The molecule has 4 aromatic heterocycles. The van der Waals surface area contributed by atoms with Gasteiger partial charge in [0, 0.05) is 34.9 Å². The Balaban J connectivity index is 1.97. The van der Waals surface area contributed by atoms with E-state index in [1.807, 2.05) is 13.1 Å². The SMILES string of the molecule is Cc1nc2ncc(-c3c[nH]c4ncc(F)cc34)cc2n1C(C)C. The lowest BCUT2D eigenvalue weighted by Gasteiger charge is -2.10. The van der Waals surface area contributed by atoms with Gasteiger partial charge in [-0.3, -0.25) is 0 Å². The van der Waals surface area contributed by atoms with Gasteiger partial charge in [0.25, 0.3) is 0 Å². The Morgan fingerprint density at radius 2 is 2.00 bits per heavy atom. The minimum atomic E-state index is -0.351. The predicted octanol–water partition coefficient (Wildman–Crippen LogP) is 4.00. The molecule has 0 saturated heterocycles. The number of rotatable bonds is 2. The lowest BCUT2D eigenvalue weighted by molar-refractivity contribution is 0.600. The highest BCUT2D eigenvalue weighted by atomic mass is 19.1. The summed E-state index contributed by atoms with van der Waals surface area (Å²) in [5.41, 5.74) is 4.17. The third-order valence-corrected chi connectivity index (χ3v) is 4.05. The summed E-state index contributed by atoms with van der Waals surface area (Å²) in [5, 5.41) is 0.749. The fourth-order valence-corrected chi connectivity index (χ4v) is 3.11. The van der Waals surface area contributed by atoms with E-state index in [0.29, 0.717) is 11.7 Å². The van der Waals surface area contributed by atoms with Gasteiger partial charge in [-0.1, -0.05) is 0 Å². The van der Waals surface area contributed by atoms with Crippen molar-refractivity contribution >= 4 is 22.2 Å². The second-order valence-corrected chi connectivity index (χ2v) is 5.94. The van der Waals surface area contributed by atoms with Crippen molar-refractivity contribution in [1.29, 1.82) is 0 Å². The van der Waals surface area contributed by atoms with Crippen LogP contribution in [-0.4, -0.2) is 24.5 Å². The molecule has 116 valence electrons. The van der Waals surface area contributed by atoms with E-state index in [4.69, 9.17) is 0 Å². The minimum absolute atomic E-state index is 0.291. The molecule has 0 amide bonds. The number of aryl methyl sites for hydroxylation is 1. The molecule has 6 heteroatoms. The first-order valence-electron chi connectivity index (χ1n) is 7.52. The standard InChI is InChI=1S/C17H16FN5/c1-9(2)23-10(3)22-17-15(23)4-11(6-19-17)14-8-21-16-13(14)5-12(18)7-20-16/h4-9H,1-3H3,(H,20,21). The molecule has 23 heavy (non-hydrogen) atoms. The molecule has 0 aliphatic rings. The molecule has 0 bridgehead atoms. The smallest absolute Gasteiger partial charge is 0.177 e. The van der Waals surface area contributed by atoms with Crippen LogP contribution in [0.5, 0.6) is 0 Å². The maximum atomic E-state index is 13.5. The number of nitrogens with one attached hydrogen (secondary N) is 1. The summed E-state index contributed by atoms with van der Waals surface area (Å²) in [6.45, 7) is 6.21. The number of imidazole rings is 1. The van der Waals surface area contributed by atoms with Crippen molar-refractivity contribution < 1.29 is 4.39 Å². The van der Waals surface area contributed by atoms with E-state index >= 15 is 0 Å². The molecule has 0 spiro atoms. The van der Waals surface area contributed by atoms with Gasteiger partial charge in [-0.15, -0.1) is 0 Å². The van der Waals surface area contributed by atoms with Crippen LogP contribution in [0.3, 0.4) is 0 Å². The van der Waals surface area contributed by atoms with Crippen LogP contribution in [-0.2, 0) is 0 Å². The van der Waals surface area contributed by atoms with E-state index in [1.165, 1.54) is 12.3 Å². The fourth-order valence-electron chi connectivity index (χ4n) is 3.11. The number of halogens is 1. The molecule has 4 aromatic rings. The van der Waals surface area contributed by atoms with Gasteiger partial charge in [0.2, 0.25) is 0 Å². The van der Waals surface area contributed by atoms with Gasteiger partial charge in [0.05, 0.1) is 11.7 Å².